The number of rotatable bonds is 4. The lowest BCUT2D eigenvalue weighted by molar-refractivity contribution is -0.123. The number of carbonyl (C=O) groups excluding carboxylic acids is 1. The van der Waals surface area contributed by atoms with Crippen LogP contribution in [-0.4, -0.2) is 28.3 Å². The van der Waals surface area contributed by atoms with E-state index < -0.39 is 35.3 Å². The molecule has 3 unspecified atom stereocenters. The van der Waals surface area contributed by atoms with Crippen molar-refractivity contribution in [2.75, 3.05) is 6.54 Å². The quantitative estimate of drug-likeness (QED) is 0.547. The van der Waals surface area contributed by atoms with Gasteiger partial charge in [0.25, 0.3) is 0 Å². The van der Waals surface area contributed by atoms with Crippen molar-refractivity contribution in [2.45, 2.75) is 49.4 Å². The van der Waals surface area contributed by atoms with Gasteiger partial charge in [-0.2, -0.15) is 5.10 Å². The van der Waals surface area contributed by atoms with Crippen LogP contribution >= 0.6 is 11.6 Å². The molecule has 0 radical (unpaired) electrons. The van der Waals surface area contributed by atoms with Crippen molar-refractivity contribution in [3.63, 3.8) is 0 Å². The standard InChI is InChI=1S/C27H27ClF2N4O2/c1-34-13-17-19(33-34)10-15(26(31)35)23(25(17)30)22-16-12-27(21-8-5-9-32-21,14-6-3-2-4-7-14)36-20(16)11-18(29)24(22)28/h2-4,6-7,11,13,15,21,23,25,32H,5,8-10,12H2,1H3,(H2,31,35)/t15?,21-,23?,25?,27-/m0/s1. The summed E-state index contributed by atoms with van der Waals surface area (Å²) in [7, 11) is 1.70. The van der Waals surface area contributed by atoms with Crippen LogP contribution in [0, 0.1) is 11.7 Å². The van der Waals surface area contributed by atoms with Crippen LogP contribution in [-0.2, 0) is 30.3 Å². The van der Waals surface area contributed by atoms with E-state index in [0.717, 1.165) is 24.9 Å². The number of hydrogen-bond acceptors (Lipinski definition) is 4. The van der Waals surface area contributed by atoms with Crippen molar-refractivity contribution in [3.05, 3.63) is 81.4 Å². The molecule has 1 saturated heterocycles. The van der Waals surface area contributed by atoms with E-state index in [1.54, 1.807) is 13.2 Å². The van der Waals surface area contributed by atoms with Gasteiger partial charge in [-0.25, -0.2) is 8.78 Å². The molecule has 1 fully saturated rings. The molecule has 3 N–H and O–H groups in total. The zero-order chi connectivity index (χ0) is 25.2. The van der Waals surface area contributed by atoms with Gasteiger partial charge in [-0.1, -0.05) is 41.9 Å². The number of aryl methyl sites for hydroxylation is 1. The lowest BCUT2D eigenvalue weighted by Gasteiger charge is -2.36. The molecule has 1 amide bonds. The Kier molecular flexibility index (Phi) is 5.57. The highest BCUT2D eigenvalue weighted by atomic mass is 35.5. The number of hydrogen-bond donors (Lipinski definition) is 2. The van der Waals surface area contributed by atoms with E-state index in [9.17, 15) is 4.79 Å². The zero-order valence-electron chi connectivity index (χ0n) is 19.8. The maximum Gasteiger partial charge on any atom is 0.221 e. The van der Waals surface area contributed by atoms with Crippen LogP contribution in [0.2, 0.25) is 5.02 Å². The molecule has 0 saturated carbocycles. The van der Waals surface area contributed by atoms with Crippen LogP contribution in [0.5, 0.6) is 5.75 Å². The molecule has 0 spiro atoms. The van der Waals surface area contributed by atoms with Crippen LogP contribution in [0.25, 0.3) is 0 Å². The molecule has 6 nitrogen and oxygen atoms in total. The van der Waals surface area contributed by atoms with Crippen LogP contribution in [0.3, 0.4) is 0 Å². The predicted molar refractivity (Wildman–Crippen MR) is 131 cm³/mol. The molecule has 3 aromatic rings. The fourth-order valence-corrected chi connectivity index (χ4v) is 6.73. The largest absolute Gasteiger partial charge is 0.480 e. The molecule has 5 atom stereocenters. The molecule has 1 aromatic heterocycles. The Balaban J connectivity index is 1.53. The highest BCUT2D eigenvalue weighted by Crippen LogP contribution is 2.55. The fraction of sp³-hybridized carbons (Fsp3) is 0.407. The van der Waals surface area contributed by atoms with Gasteiger partial charge >= 0.3 is 0 Å². The molecule has 0 bridgehead atoms. The van der Waals surface area contributed by atoms with Gasteiger partial charge in [-0.05, 0) is 30.5 Å². The van der Waals surface area contributed by atoms with Crippen molar-refractivity contribution in [3.8, 4) is 5.75 Å². The Morgan fingerprint density at radius 2 is 2.11 bits per heavy atom. The van der Waals surface area contributed by atoms with Gasteiger partial charge in [0.2, 0.25) is 5.91 Å². The number of amides is 1. The number of nitrogens with zero attached hydrogens (tertiary/aromatic N) is 2. The summed E-state index contributed by atoms with van der Waals surface area (Å²) in [5.41, 5.74) is 7.68. The average Bonchev–Trinajstić information content (AvgIpc) is 3.60. The molecule has 3 aliphatic rings. The average molecular weight is 513 g/mol. The number of aromatic nitrogens is 2. The summed E-state index contributed by atoms with van der Waals surface area (Å²) < 4.78 is 39.7. The van der Waals surface area contributed by atoms with Crippen molar-refractivity contribution in [2.24, 2.45) is 18.7 Å². The number of carbonyl (C=O) groups is 1. The van der Waals surface area contributed by atoms with Gasteiger partial charge in [0.15, 0.2) is 5.60 Å². The molecular formula is C27H27ClF2N4O2. The van der Waals surface area contributed by atoms with Gasteiger partial charge in [-0.15, -0.1) is 0 Å². The van der Waals surface area contributed by atoms with E-state index >= 15 is 8.78 Å². The Morgan fingerprint density at radius 3 is 2.81 bits per heavy atom. The van der Waals surface area contributed by atoms with Crippen LogP contribution in [0.15, 0.2) is 42.6 Å². The molecule has 188 valence electrons. The summed E-state index contributed by atoms with van der Waals surface area (Å²) in [5, 5.41) is 7.67. The number of primary amides is 1. The highest BCUT2D eigenvalue weighted by Gasteiger charge is 2.52. The number of benzene rings is 2. The number of alkyl halides is 1. The van der Waals surface area contributed by atoms with Crippen molar-refractivity contribution in [1.29, 1.82) is 0 Å². The van der Waals surface area contributed by atoms with Crippen molar-refractivity contribution in [1.82, 2.24) is 15.1 Å². The first-order valence-electron chi connectivity index (χ1n) is 12.2. The molecule has 2 aromatic carbocycles. The minimum atomic E-state index is -1.63. The normalized spacial score (nSPS) is 29.0. The summed E-state index contributed by atoms with van der Waals surface area (Å²) in [6, 6.07) is 11.1. The van der Waals surface area contributed by atoms with E-state index in [1.807, 2.05) is 30.3 Å². The molecule has 2 aliphatic heterocycles. The topological polar surface area (TPSA) is 82.2 Å². The number of nitrogens with one attached hydrogen (secondary N) is 1. The Morgan fingerprint density at radius 1 is 1.33 bits per heavy atom. The van der Waals surface area contributed by atoms with Crippen molar-refractivity contribution < 1.29 is 18.3 Å². The van der Waals surface area contributed by atoms with Gasteiger partial charge in [0.1, 0.15) is 17.7 Å². The molecule has 3 heterocycles. The predicted octanol–water partition coefficient (Wildman–Crippen LogP) is 4.25. The Labute approximate surface area is 212 Å². The van der Waals surface area contributed by atoms with E-state index in [-0.39, 0.29) is 23.0 Å². The van der Waals surface area contributed by atoms with Crippen LogP contribution in [0.4, 0.5) is 8.78 Å². The second-order valence-corrected chi connectivity index (χ2v) is 10.5. The molecule has 1 aliphatic carbocycles. The summed E-state index contributed by atoms with van der Waals surface area (Å²) in [5.74, 6) is -3.03. The monoisotopic (exact) mass is 512 g/mol. The molecule has 36 heavy (non-hydrogen) atoms. The third-order valence-corrected chi connectivity index (χ3v) is 8.42. The third-order valence-electron chi connectivity index (χ3n) is 8.04. The van der Waals surface area contributed by atoms with Gasteiger partial charge in [0, 0.05) is 49.2 Å². The van der Waals surface area contributed by atoms with E-state index in [1.165, 1.54) is 10.7 Å². The van der Waals surface area contributed by atoms with Crippen LogP contribution < -0.4 is 15.8 Å². The minimum Gasteiger partial charge on any atom is -0.480 e. The summed E-state index contributed by atoms with van der Waals surface area (Å²) in [6.07, 6.45) is 2.38. The summed E-state index contributed by atoms with van der Waals surface area (Å²) >= 11 is 6.59. The Hall–Kier alpha value is -2.97. The molecular weight excluding hydrogens is 486 g/mol. The zero-order valence-corrected chi connectivity index (χ0v) is 20.6. The number of nitrogens with two attached hydrogens (primary N) is 1. The third kappa shape index (κ3) is 3.45. The number of ether oxygens (including phenoxy) is 1. The van der Waals surface area contributed by atoms with E-state index in [0.29, 0.717) is 29.0 Å². The second-order valence-electron chi connectivity index (χ2n) is 10.1. The van der Waals surface area contributed by atoms with Gasteiger partial charge in [-0.3, -0.25) is 9.48 Å². The highest BCUT2D eigenvalue weighted by molar-refractivity contribution is 6.31. The SMILES string of the molecule is Cn1cc2c(n1)CC(C(N)=O)C(c1c(Cl)c(F)cc3c1C[C@](c1ccccc1)([C@@H]1CCCN1)O3)C2F. The maximum absolute atomic E-state index is 16.3. The smallest absolute Gasteiger partial charge is 0.221 e. The first-order chi connectivity index (χ1) is 17.3. The summed E-state index contributed by atoms with van der Waals surface area (Å²) in [4.78, 5) is 12.6. The van der Waals surface area contributed by atoms with E-state index in [2.05, 4.69) is 10.4 Å². The fourth-order valence-electron chi connectivity index (χ4n) is 6.43. The van der Waals surface area contributed by atoms with Gasteiger partial charge < -0.3 is 15.8 Å². The number of halogens is 3. The van der Waals surface area contributed by atoms with Gasteiger partial charge in [0.05, 0.1) is 22.7 Å². The minimum absolute atomic E-state index is 0.0219. The molecule has 6 rings (SSSR count). The summed E-state index contributed by atoms with van der Waals surface area (Å²) in [6.45, 7) is 0.851. The second kappa shape index (κ2) is 8.56. The molecule has 9 heteroatoms. The first-order valence-corrected chi connectivity index (χ1v) is 12.6. The van der Waals surface area contributed by atoms with Crippen LogP contribution in [0.1, 0.15) is 52.9 Å². The number of fused-ring (bicyclic) bond motifs is 2. The maximum atomic E-state index is 16.3. The Bertz CT molecular complexity index is 1340. The first kappa shape index (κ1) is 23.4. The van der Waals surface area contributed by atoms with E-state index in [4.69, 9.17) is 22.1 Å². The van der Waals surface area contributed by atoms with Crippen molar-refractivity contribution >= 4 is 17.5 Å². The lowest BCUT2D eigenvalue weighted by atomic mass is 9.70. The lowest BCUT2D eigenvalue weighted by Crippen LogP contribution is -2.49.